The summed E-state index contributed by atoms with van der Waals surface area (Å²) in [6, 6.07) is 4.56. The molecule has 2 aliphatic carbocycles. The third-order valence-corrected chi connectivity index (χ3v) is 15.5. The Labute approximate surface area is 413 Å². The Kier molecular flexibility index (Phi) is 13.7. The second-order valence-electron chi connectivity index (χ2n) is 18.8. The third kappa shape index (κ3) is 10.9. The van der Waals surface area contributed by atoms with Gasteiger partial charge in [0.2, 0.25) is 21.8 Å². The van der Waals surface area contributed by atoms with Crippen LogP contribution in [0.1, 0.15) is 86.4 Å². The average Bonchev–Trinajstić information content (AvgIpc) is 3.73. The quantitative estimate of drug-likeness (QED) is 0.0804. The van der Waals surface area contributed by atoms with Crippen LogP contribution in [-0.2, 0) is 65.9 Å². The van der Waals surface area contributed by atoms with Gasteiger partial charge in [0.25, 0.3) is 5.92 Å². The molecule has 0 bridgehead atoms. The summed E-state index contributed by atoms with van der Waals surface area (Å²) < 4.78 is 198. The number of hydrogen-bond donors (Lipinski definition) is 2. The highest BCUT2D eigenvalue weighted by atomic mass is 35.5. The fourth-order valence-corrected chi connectivity index (χ4v) is 10.00. The maximum absolute atomic E-state index is 15.6. The van der Waals surface area contributed by atoms with Crippen molar-refractivity contribution in [2.24, 2.45) is 11.3 Å². The normalized spacial score (nSPS) is 17.1. The maximum Gasteiger partial charge on any atom is 0.435 e. The molecule has 0 spiro atoms. The number of hydrogen-bond acceptors (Lipinski definition) is 10. The largest absolute Gasteiger partial charge is 0.481 e. The van der Waals surface area contributed by atoms with Gasteiger partial charge in [0, 0.05) is 34.9 Å². The number of carboxylic acid groups (broad SMARTS) is 1. The molecule has 15 nitrogen and oxygen atoms in total. The van der Waals surface area contributed by atoms with E-state index in [1.807, 2.05) is 0 Å². The number of carboxylic acids is 1. The van der Waals surface area contributed by atoms with E-state index in [4.69, 9.17) is 11.6 Å². The van der Waals surface area contributed by atoms with E-state index in [0.717, 1.165) is 56.5 Å². The molecule has 1 saturated carbocycles. The summed E-state index contributed by atoms with van der Waals surface area (Å²) in [7, 11) is -8.85. The van der Waals surface area contributed by atoms with Crippen molar-refractivity contribution < 1.29 is 80.2 Å². The number of rotatable bonds is 14. The molecule has 392 valence electrons. The molecule has 7 rings (SSSR count). The van der Waals surface area contributed by atoms with Crippen LogP contribution in [0, 0.1) is 34.8 Å². The van der Waals surface area contributed by atoms with Crippen LogP contribution in [0.3, 0.4) is 0 Å². The van der Waals surface area contributed by atoms with Gasteiger partial charge >= 0.3 is 18.3 Å². The first kappa shape index (κ1) is 54.5. The number of sulfone groups is 1. The molecule has 0 saturated heterocycles. The first-order chi connectivity index (χ1) is 33.3. The van der Waals surface area contributed by atoms with E-state index in [2.05, 4.69) is 32.3 Å². The number of carbonyl (C=O) groups excluding carboxylic acids is 2. The SMILES string of the molecule is CC(C)(CC(=O)O)C(=O)N(c1nn(CC(F)(F)F)c2c(-c3ccc(C#CC(C)(C)S(C)(=O)=O)nc3[C@H](Cc3cc(F)cc(F)c3)NC(=O)Cn3nc(C(F)(F)F)c4c3C(F)(F)C3C[C@H]43)ccc(Cl)c12)S(C)(=O)=O. The summed E-state index contributed by atoms with van der Waals surface area (Å²) in [5.74, 6) is -9.26. The molecule has 2 aromatic carbocycles. The zero-order valence-electron chi connectivity index (χ0n) is 38.8. The number of amides is 2. The Morgan fingerprint density at radius 1 is 0.932 bits per heavy atom. The molecule has 73 heavy (non-hydrogen) atoms. The van der Waals surface area contributed by atoms with Gasteiger partial charge < -0.3 is 10.4 Å². The second kappa shape index (κ2) is 18.3. The Balaban J connectivity index is 1.50. The van der Waals surface area contributed by atoms with Crippen molar-refractivity contribution in [3.8, 4) is 23.0 Å². The first-order valence-corrected chi connectivity index (χ1v) is 25.5. The first-order valence-electron chi connectivity index (χ1n) is 21.4. The molecule has 3 atom stereocenters. The molecule has 1 fully saturated rings. The number of halogens is 11. The Morgan fingerprint density at radius 3 is 2.11 bits per heavy atom. The number of fused-ring (bicyclic) bond motifs is 4. The van der Waals surface area contributed by atoms with Crippen molar-refractivity contribution in [1.82, 2.24) is 29.9 Å². The highest BCUT2D eigenvalue weighted by molar-refractivity contribution is 7.93. The van der Waals surface area contributed by atoms with Gasteiger partial charge in [-0.25, -0.2) is 30.6 Å². The lowest BCUT2D eigenvalue weighted by Crippen LogP contribution is -2.45. The number of pyridine rings is 1. The average molecular weight is 1100 g/mol. The molecule has 0 aliphatic heterocycles. The number of benzene rings is 2. The van der Waals surface area contributed by atoms with Crippen LogP contribution in [-0.4, -0.2) is 87.7 Å². The Hall–Kier alpha value is -6.27. The van der Waals surface area contributed by atoms with E-state index in [0.29, 0.717) is 12.3 Å². The molecule has 2 amide bonds. The van der Waals surface area contributed by atoms with E-state index < -0.39 is 171 Å². The molecule has 3 heterocycles. The van der Waals surface area contributed by atoms with E-state index in [1.54, 1.807) is 0 Å². The zero-order valence-corrected chi connectivity index (χ0v) is 41.2. The van der Waals surface area contributed by atoms with Gasteiger partial charge in [-0.3, -0.25) is 23.7 Å². The van der Waals surface area contributed by atoms with Crippen LogP contribution in [0.4, 0.5) is 49.7 Å². The fraction of sp³-hybridized carbons (Fsp3) is 0.422. The van der Waals surface area contributed by atoms with Crippen molar-refractivity contribution in [2.75, 3.05) is 16.8 Å². The van der Waals surface area contributed by atoms with Gasteiger partial charge in [0.15, 0.2) is 21.3 Å². The highest BCUT2D eigenvalue weighted by Gasteiger charge is 2.68. The minimum absolute atomic E-state index is 0.0209. The number of sulfonamides is 1. The highest BCUT2D eigenvalue weighted by Crippen LogP contribution is 2.68. The van der Waals surface area contributed by atoms with Crippen LogP contribution < -0.4 is 9.62 Å². The lowest BCUT2D eigenvalue weighted by molar-refractivity contribution is -0.143. The summed E-state index contributed by atoms with van der Waals surface area (Å²) in [6.07, 6.45) is -11.1. The van der Waals surface area contributed by atoms with E-state index in [1.165, 1.54) is 13.8 Å². The summed E-state index contributed by atoms with van der Waals surface area (Å²) in [4.78, 5) is 44.5. The Morgan fingerprint density at radius 2 is 1.55 bits per heavy atom. The topological polar surface area (TPSA) is 204 Å². The molecule has 3 aromatic heterocycles. The number of carbonyl (C=O) groups is 3. The summed E-state index contributed by atoms with van der Waals surface area (Å²) in [5.41, 5.74) is -8.23. The van der Waals surface area contributed by atoms with Crippen LogP contribution >= 0.6 is 11.6 Å². The van der Waals surface area contributed by atoms with Gasteiger partial charge in [0.1, 0.15) is 40.9 Å². The standard InChI is InChI=1S/C45H40ClF10N7O8S2/c1-41(2,18-32(65)66)40(67)63(73(6,70)71)39-34-29(46)10-9-26(36(34)62(60-39)20-43(49,50)51)25-8-7-24(11-12-42(3,4)72(5,68)69)57-35(25)30(15-21-13-22(47)16-23(48)14-21)58-31(64)19-61-38-33(37(59-61)45(54,55)56)27-17-28(27)44(38,52)53/h7-10,13-14,16,27-28,30H,15,17-20H2,1-6H3,(H,58,64)(H,65,66)/t27-,28?,30-/m0/s1. The van der Waals surface area contributed by atoms with Crippen LogP contribution in [0.25, 0.3) is 22.0 Å². The van der Waals surface area contributed by atoms with Crippen LogP contribution in [0.15, 0.2) is 42.5 Å². The number of nitrogens with zero attached hydrogens (tertiary/aromatic N) is 6. The van der Waals surface area contributed by atoms with Gasteiger partial charge in [0.05, 0.1) is 45.8 Å². The van der Waals surface area contributed by atoms with E-state index in [9.17, 15) is 71.4 Å². The molecule has 5 aromatic rings. The molecule has 1 unspecified atom stereocenters. The minimum Gasteiger partial charge on any atom is -0.481 e. The van der Waals surface area contributed by atoms with Gasteiger partial charge in [-0.05, 0) is 74.4 Å². The number of aliphatic carboxylic acids is 1. The van der Waals surface area contributed by atoms with Crippen molar-refractivity contribution in [3.05, 3.63) is 93.0 Å². The smallest absolute Gasteiger partial charge is 0.435 e. The molecular weight excluding hydrogens is 1060 g/mol. The summed E-state index contributed by atoms with van der Waals surface area (Å²) in [5, 5.41) is 18.0. The van der Waals surface area contributed by atoms with E-state index >= 15 is 8.78 Å². The summed E-state index contributed by atoms with van der Waals surface area (Å²) in [6.45, 7) is 1.19. The summed E-state index contributed by atoms with van der Waals surface area (Å²) >= 11 is 6.63. The number of alkyl halides is 8. The Bertz CT molecular complexity index is 3420. The molecule has 2 N–H and O–H groups in total. The van der Waals surface area contributed by atoms with E-state index in [-0.39, 0.29) is 36.9 Å². The van der Waals surface area contributed by atoms with Crippen molar-refractivity contribution in [2.45, 2.75) is 95.0 Å². The number of aromatic nitrogens is 5. The predicted molar refractivity (Wildman–Crippen MR) is 241 cm³/mol. The second-order valence-corrected chi connectivity index (χ2v) is 23.6. The van der Waals surface area contributed by atoms with Gasteiger partial charge in [-0.1, -0.05) is 37.4 Å². The van der Waals surface area contributed by atoms with Gasteiger partial charge in [-0.15, -0.1) is 0 Å². The number of anilines is 1. The third-order valence-electron chi connectivity index (χ3n) is 12.2. The predicted octanol–water partition coefficient (Wildman–Crippen LogP) is 8.08. The number of nitrogens with one attached hydrogen (secondary N) is 1. The molecule has 2 aliphatic rings. The molecule has 28 heteroatoms. The van der Waals surface area contributed by atoms with Crippen molar-refractivity contribution in [3.63, 3.8) is 0 Å². The molecule has 0 radical (unpaired) electrons. The van der Waals surface area contributed by atoms with Crippen LogP contribution in [0.2, 0.25) is 5.02 Å². The minimum atomic E-state index is -5.24. The van der Waals surface area contributed by atoms with Crippen molar-refractivity contribution in [1.29, 1.82) is 0 Å². The lowest BCUT2D eigenvalue weighted by Gasteiger charge is -2.28. The molecular formula is C45H40ClF10N7O8S2. The lowest BCUT2D eigenvalue weighted by atomic mass is 9.88. The zero-order chi connectivity index (χ0) is 54.5. The fourth-order valence-electron chi connectivity index (χ4n) is 8.53. The maximum atomic E-state index is 15.6. The van der Waals surface area contributed by atoms with Crippen LogP contribution in [0.5, 0.6) is 0 Å². The monoisotopic (exact) mass is 1100 g/mol. The van der Waals surface area contributed by atoms with Gasteiger partial charge in [-0.2, -0.15) is 49.6 Å². The van der Waals surface area contributed by atoms with Crippen molar-refractivity contribution >= 4 is 66.0 Å².